The summed E-state index contributed by atoms with van der Waals surface area (Å²) in [6, 6.07) is 4.14. The van der Waals surface area contributed by atoms with Crippen LogP contribution in [0.25, 0.3) is 0 Å². The molecule has 0 spiro atoms. The molecule has 0 amide bonds. The normalized spacial score (nSPS) is 24.8. The lowest BCUT2D eigenvalue weighted by Crippen LogP contribution is -2.51. The van der Waals surface area contributed by atoms with Crippen LogP contribution in [-0.2, 0) is 10.0 Å². The van der Waals surface area contributed by atoms with Crippen molar-refractivity contribution in [1.82, 2.24) is 4.31 Å². The van der Waals surface area contributed by atoms with Gasteiger partial charge in [-0.2, -0.15) is 4.31 Å². The van der Waals surface area contributed by atoms with E-state index in [0.29, 0.717) is 16.6 Å². The summed E-state index contributed by atoms with van der Waals surface area (Å²) >= 11 is 11.8. The van der Waals surface area contributed by atoms with Crippen LogP contribution < -0.4 is 5.73 Å². The molecule has 1 aromatic carbocycles. The van der Waals surface area contributed by atoms with Gasteiger partial charge in [0, 0.05) is 28.7 Å². The molecule has 20 heavy (non-hydrogen) atoms. The van der Waals surface area contributed by atoms with Crippen LogP contribution in [0.2, 0.25) is 10.0 Å². The number of rotatable bonds is 3. The first-order valence-electron chi connectivity index (χ1n) is 6.56. The SMILES string of the molecule is CC1CCCC(CN)N1S(=O)(=O)c1cc(Cl)cc(Cl)c1. The maximum atomic E-state index is 12.8. The third-order valence-corrected chi connectivity index (χ3v) is 6.12. The Morgan fingerprint density at radius 2 is 1.85 bits per heavy atom. The van der Waals surface area contributed by atoms with Gasteiger partial charge in [0.05, 0.1) is 4.90 Å². The lowest BCUT2D eigenvalue weighted by molar-refractivity contribution is 0.196. The molecule has 0 aromatic heterocycles. The number of sulfonamides is 1. The number of nitrogens with zero attached hydrogens (tertiary/aromatic N) is 1. The number of benzene rings is 1. The van der Waals surface area contributed by atoms with E-state index in [9.17, 15) is 8.42 Å². The predicted octanol–water partition coefficient (Wildman–Crippen LogP) is 2.88. The minimum absolute atomic E-state index is 0.0694. The third-order valence-electron chi connectivity index (χ3n) is 3.64. The van der Waals surface area contributed by atoms with Gasteiger partial charge in [-0.3, -0.25) is 0 Å². The maximum absolute atomic E-state index is 12.8. The third kappa shape index (κ3) is 3.12. The molecule has 1 aliphatic rings. The van der Waals surface area contributed by atoms with E-state index in [1.165, 1.54) is 22.5 Å². The van der Waals surface area contributed by atoms with Gasteiger partial charge in [-0.1, -0.05) is 29.6 Å². The molecule has 2 unspecified atom stereocenters. The van der Waals surface area contributed by atoms with E-state index in [2.05, 4.69) is 0 Å². The second kappa shape index (κ2) is 6.20. The molecule has 1 fully saturated rings. The van der Waals surface area contributed by atoms with Gasteiger partial charge in [0.25, 0.3) is 0 Å². The van der Waals surface area contributed by atoms with Gasteiger partial charge in [0.15, 0.2) is 0 Å². The van der Waals surface area contributed by atoms with Crippen LogP contribution in [-0.4, -0.2) is 31.4 Å². The van der Waals surface area contributed by atoms with E-state index in [1.807, 2.05) is 6.92 Å². The van der Waals surface area contributed by atoms with Crippen molar-refractivity contribution < 1.29 is 8.42 Å². The Hall–Kier alpha value is -0.330. The van der Waals surface area contributed by atoms with E-state index in [4.69, 9.17) is 28.9 Å². The Kier molecular flexibility index (Phi) is 4.97. The lowest BCUT2D eigenvalue weighted by atomic mass is 10.00. The summed E-state index contributed by atoms with van der Waals surface area (Å²) in [5.41, 5.74) is 5.73. The van der Waals surface area contributed by atoms with Crippen LogP contribution in [0.3, 0.4) is 0 Å². The van der Waals surface area contributed by atoms with Crippen molar-refractivity contribution in [3.8, 4) is 0 Å². The molecule has 0 aliphatic carbocycles. The van der Waals surface area contributed by atoms with Gasteiger partial charge >= 0.3 is 0 Å². The minimum Gasteiger partial charge on any atom is -0.329 e. The largest absolute Gasteiger partial charge is 0.329 e. The number of hydrogen-bond donors (Lipinski definition) is 1. The van der Waals surface area contributed by atoms with Crippen molar-refractivity contribution >= 4 is 33.2 Å². The Labute approximate surface area is 129 Å². The van der Waals surface area contributed by atoms with Crippen LogP contribution in [0.1, 0.15) is 26.2 Å². The van der Waals surface area contributed by atoms with Crippen LogP contribution >= 0.6 is 23.2 Å². The Balaban J connectivity index is 2.46. The quantitative estimate of drug-likeness (QED) is 0.922. The first-order chi connectivity index (χ1) is 9.36. The highest BCUT2D eigenvalue weighted by molar-refractivity contribution is 7.89. The van der Waals surface area contributed by atoms with E-state index in [-0.39, 0.29) is 17.0 Å². The van der Waals surface area contributed by atoms with Gasteiger partial charge in [0.1, 0.15) is 0 Å². The number of piperidine rings is 1. The van der Waals surface area contributed by atoms with Gasteiger partial charge in [-0.25, -0.2) is 8.42 Å². The molecule has 0 radical (unpaired) electrons. The van der Waals surface area contributed by atoms with Crippen molar-refractivity contribution in [3.63, 3.8) is 0 Å². The Morgan fingerprint density at radius 3 is 2.40 bits per heavy atom. The van der Waals surface area contributed by atoms with Crippen LogP contribution in [0, 0.1) is 0 Å². The van der Waals surface area contributed by atoms with Gasteiger partial charge in [-0.15, -0.1) is 0 Å². The zero-order valence-electron chi connectivity index (χ0n) is 11.2. The summed E-state index contributed by atoms with van der Waals surface area (Å²) < 4.78 is 27.2. The van der Waals surface area contributed by atoms with Gasteiger partial charge in [0.2, 0.25) is 10.0 Å². The monoisotopic (exact) mass is 336 g/mol. The van der Waals surface area contributed by atoms with Crippen molar-refractivity contribution in [3.05, 3.63) is 28.2 Å². The summed E-state index contributed by atoms with van der Waals surface area (Å²) in [5.74, 6) is 0. The second-order valence-electron chi connectivity index (χ2n) is 5.11. The van der Waals surface area contributed by atoms with Crippen molar-refractivity contribution in [1.29, 1.82) is 0 Å². The van der Waals surface area contributed by atoms with Crippen LogP contribution in [0.4, 0.5) is 0 Å². The van der Waals surface area contributed by atoms with E-state index in [1.54, 1.807) is 0 Å². The average Bonchev–Trinajstić information content (AvgIpc) is 2.36. The molecule has 7 heteroatoms. The molecule has 1 saturated heterocycles. The first kappa shape index (κ1) is 16.0. The van der Waals surface area contributed by atoms with Crippen molar-refractivity contribution in [2.45, 2.75) is 43.2 Å². The molecule has 1 heterocycles. The fraction of sp³-hybridized carbons (Fsp3) is 0.538. The first-order valence-corrected chi connectivity index (χ1v) is 8.75. The molecule has 2 atom stereocenters. The summed E-state index contributed by atoms with van der Waals surface area (Å²) in [6.07, 6.45) is 2.61. The number of nitrogens with two attached hydrogens (primary N) is 1. The highest BCUT2D eigenvalue weighted by atomic mass is 35.5. The molecule has 0 bridgehead atoms. The average molecular weight is 337 g/mol. The van der Waals surface area contributed by atoms with E-state index < -0.39 is 10.0 Å². The molecule has 112 valence electrons. The zero-order valence-corrected chi connectivity index (χ0v) is 13.5. The molecule has 1 aromatic rings. The molecule has 2 rings (SSSR count). The smallest absolute Gasteiger partial charge is 0.243 e. The molecular formula is C13H18Cl2N2O2S. The Morgan fingerprint density at radius 1 is 1.25 bits per heavy atom. The highest BCUT2D eigenvalue weighted by Gasteiger charge is 2.37. The summed E-state index contributed by atoms with van der Waals surface area (Å²) in [4.78, 5) is 0.127. The highest BCUT2D eigenvalue weighted by Crippen LogP contribution is 2.31. The minimum atomic E-state index is -3.63. The van der Waals surface area contributed by atoms with Crippen molar-refractivity contribution in [2.24, 2.45) is 5.73 Å². The zero-order chi connectivity index (χ0) is 14.9. The number of halogens is 2. The molecule has 1 aliphatic heterocycles. The topological polar surface area (TPSA) is 63.4 Å². The molecule has 4 nitrogen and oxygen atoms in total. The fourth-order valence-electron chi connectivity index (χ4n) is 2.72. The van der Waals surface area contributed by atoms with Gasteiger partial charge < -0.3 is 5.73 Å². The molecule has 2 N–H and O–H groups in total. The summed E-state index contributed by atoms with van der Waals surface area (Å²) in [6.45, 7) is 2.23. The fourth-order valence-corrected chi connectivity index (χ4v) is 5.33. The Bertz CT molecular complexity index is 572. The maximum Gasteiger partial charge on any atom is 0.243 e. The van der Waals surface area contributed by atoms with Crippen molar-refractivity contribution in [2.75, 3.05) is 6.54 Å². The number of hydrogen-bond acceptors (Lipinski definition) is 3. The lowest BCUT2D eigenvalue weighted by Gasteiger charge is -2.39. The molecule has 0 saturated carbocycles. The molecular weight excluding hydrogens is 319 g/mol. The summed E-state index contributed by atoms with van der Waals surface area (Å²) in [5, 5.41) is 0.620. The van der Waals surface area contributed by atoms with E-state index in [0.717, 1.165) is 19.3 Å². The predicted molar refractivity (Wildman–Crippen MR) is 81.6 cm³/mol. The van der Waals surface area contributed by atoms with Gasteiger partial charge in [-0.05, 0) is 38.0 Å². The summed E-state index contributed by atoms with van der Waals surface area (Å²) in [7, 11) is -3.63. The van der Waals surface area contributed by atoms with Crippen LogP contribution in [0.15, 0.2) is 23.1 Å². The second-order valence-corrected chi connectivity index (χ2v) is 7.83. The standard InChI is InChI=1S/C13H18Cl2N2O2S/c1-9-3-2-4-12(8-16)17(9)20(18,19)13-6-10(14)5-11(15)7-13/h5-7,9,12H,2-4,8,16H2,1H3. The van der Waals surface area contributed by atoms with E-state index >= 15 is 0 Å². The van der Waals surface area contributed by atoms with Crippen LogP contribution in [0.5, 0.6) is 0 Å².